The third kappa shape index (κ3) is 4.80. The summed E-state index contributed by atoms with van der Waals surface area (Å²) >= 11 is 2.20. The number of nitrogens with zero attached hydrogens (tertiary/aromatic N) is 1. The van der Waals surface area contributed by atoms with Crippen molar-refractivity contribution in [1.82, 2.24) is 10.2 Å². The van der Waals surface area contributed by atoms with Crippen molar-refractivity contribution in [3.63, 3.8) is 0 Å². The second-order valence-corrected chi connectivity index (χ2v) is 7.48. The zero-order valence-corrected chi connectivity index (χ0v) is 16.0. The highest BCUT2D eigenvalue weighted by Gasteiger charge is 2.11. The Bertz CT molecular complexity index is 696. The molecule has 4 heteroatoms. The van der Waals surface area contributed by atoms with E-state index in [1.165, 1.54) is 37.9 Å². The molecule has 1 aliphatic heterocycles. The first-order valence-electron chi connectivity index (χ1n) is 8.55. The highest BCUT2D eigenvalue weighted by atomic mass is 127. The first-order valence-corrected chi connectivity index (χ1v) is 9.63. The van der Waals surface area contributed by atoms with Gasteiger partial charge in [-0.25, -0.2) is 0 Å². The van der Waals surface area contributed by atoms with Crippen LogP contribution >= 0.6 is 22.6 Å². The van der Waals surface area contributed by atoms with Crippen molar-refractivity contribution in [3.05, 3.63) is 68.8 Å². The Labute approximate surface area is 157 Å². The van der Waals surface area contributed by atoms with Crippen molar-refractivity contribution in [1.29, 1.82) is 0 Å². The van der Waals surface area contributed by atoms with Gasteiger partial charge in [0, 0.05) is 16.7 Å². The minimum absolute atomic E-state index is 0.0126. The zero-order valence-electron chi connectivity index (χ0n) is 13.8. The summed E-state index contributed by atoms with van der Waals surface area (Å²) < 4.78 is 0.978. The van der Waals surface area contributed by atoms with Gasteiger partial charge in [0.1, 0.15) is 0 Å². The SMILES string of the molecule is O=C(NCc1cccc(CN2CCCCC2)c1)c1ccccc1I. The van der Waals surface area contributed by atoms with Crippen molar-refractivity contribution in [2.75, 3.05) is 13.1 Å². The number of hydrogen-bond acceptors (Lipinski definition) is 2. The molecule has 1 fully saturated rings. The summed E-state index contributed by atoms with van der Waals surface area (Å²) in [6, 6.07) is 16.2. The van der Waals surface area contributed by atoms with Crippen molar-refractivity contribution in [2.24, 2.45) is 0 Å². The van der Waals surface area contributed by atoms with Gasteiger partial charge in [0.05, 0.1) is 5.56 Å². The van der Waals surface area contributed by atoms with E-state index in [0.29, 0.717) is 6.54 Å². The van der Waals surface area contributed by atoms with E-state index in [1.54, 1.807) is 0 Å². The van der Waals surface area contributed by atoms with E-state index < -0.39 is 0 Å². The van der Waals surface area contributed by atoms with Gasteiger partial charge >= 0.3 is 0 Å². The lowest BCUT2D eigenvalue weighted by Crippen LogP contribution is -2.29. The summed E-state index contributed by atoms with van der Waals surface area (Å²) in [6.07, 6.45) is 3.98. The second kappa shape index (κ2) is 8.62. The Kier molecular flexibility index (Phi) is 6.26. The molecule has 3 rings (SSSR count). The third-order valence-corrected chi connectivity index (χ3v) is 5.36. The molecular formula is C20H23IN2O. The lowest BCUT2D eigenvalue weighted by Gasteiger charge is -2.26. The smallest absolute Gasteiger partial charge is 0.252 e. The summed E-state index contributed by atoms with van der Waals surface area (Å²) in [5.74, 6) is -0.0126. The number of rotatable bonds is 5. The lowest BCUT2D eigenvalue weighted by molar-refractivity contribution is 0.0950. The predicted octanol–water partition coefficient (Wildman–Crippen LogP) is 4.21. The summed E-state index contributed by atoms with van der Waals surface area (Å²) in [5, 5.41) is 3.03. The van der Waals surface area contributed by atoms with Crippen LogP contribution in [0.3, 0.4) is 0 Å². The van der Waals surface area contributed by atoms with Crippen LogP contribution in [0.15, 0.2) is 48.5 Å². The van der Waals surface area contributed by atoms with Crippen LogP contribution in [0, 0.1) is 3.57 Å². The number of benzene rings is 2. The fourth-order valence-electron chi connectivity index (χ4n) is 3.14. The summed E-state index contributed by atoms with van der Waals surface area (Å²) in [7, 11) is 0. The monoisotopic (exact) mass is 434 g/mol. The number of piperidine rings is 1. The molecule has 0 radical (unpaired) electrons. The standard InChI is InChI=1S/C20H23IN2O/c21-19-10-3-2-9-18(19)20(24)22-14-16-7-6-8-17(13-16)15-23-11-4-1-5-12-23/h2-3,6-10,13H,1,4-5,11-12,14-15H2,(H,22,24). The average molecular weight is 434 g/mol. The van der Waals surface area contributed by atoms with Gasteiger partial charge in [0.25, 0.3) is 5.91 Å². The zero-order chi connectivity index (χ0) is 16.8. The van der Waals surface area contributed by atoms with Crippen molar-refractivity contribution >= 4 is 28.5 Å². The number of likely N-dealkylation sites (tertiary alicyclic amines) is 1. The van der Waals surface area contributed by atoms with Gasteiger partial charge in [-0.1, -0.05) is 42.8 Å². The van der Waals surface area contributed by atoms with Crippen LogP contribution in [0.4, 0.5) is 0 Å². The fourth-order valence-corrected chi connectivity index (χ4v) is 3.77. The van der Waals surface area contributed by atoms with Gasteiger partial charge in [-0.15, -0.1) is 0 Å². The molecule has 0 aliphatic carbocycles. The van der Waals surface area contributed by atoms with Crippen molar-refractivity contribution < 1.29 is 4.79 Å². The molecule has 1 amide bonds. The van der Waals surface area contributed by atoms with E-state index in [0.717, 1.165) is 21.2 Å². The van der Waals surface area contributed by atoms with Crippen LogP contribution in [-0.2, 0) is 13.1 Å². The van der Waals surface area contributed by atoms with Gasteiger partial charge < -0.3 is 5.32 Å². The van der Waals surface area contributed by atoms with Gasteiger partial charge in [0.15, 0.2) is 0 Å². The van der Waals surface area contributed by atoms with Crippen LogP contribution in [-0.4, -0.2) is 23.9 Å². The number of carbonyl (C=O) groups excluding carboxylic acids is 1. The molecule has 126 valence electrons. The van der Waals surface area contributed by atoms with Crippen LogP contribution < -0.4 is 5.32 Å². The number of nitrogens with one attached hydrogen (secondary N) is 1. The molecule has 3 nitrogen and oxygen atoms in total. The van der Waals surface area contributed by atoms with Gasteiger partial charge in [-0.05, 0) is 71.8 Å². The molecule has 0 saturated carbocycles. The summed E-state index contributed by atoms with van der Waals surface area (Å²) in [4.78, 5) is 14.8. The van der Waals surface area contributed by atoms with E-state index in [1.807, 2.05) is 24.3 Å². The maximum Gasteiger partial charge on any atom is 0.252 e. The Morgan fingerprint density at radius 1 is 1.00 bits per heavy atom. The topological polar surface area (TPSA) is 32.3 Å². The maximum atomic E-state index is 12.3. The largest absolute Gasteiger partial charge is 0.348 e. The molecule has 2 aromatic carbocycles. The van der Waals surface area contributed by atoms with E-state index >= 15 is 0 Å². The molecule has 0 aromatic heterocycles. The van der Waals surface area contributed by atoms with Crippen LogP contribution in [0.5, 0.6) is 0 Å². The number of carbonyl (C=O) groups is 1. The Balaban J connectivity index is 1.58. The number of halogens is 1. The Hall–Kier alpha value is -1.40. The van der Waals surface area contributed by atoms with Crippen LogP contribution in [0.25, 0.3) is 0 Å². The Morgan fingerprint density at radius 2 is 1.75 bits per heavy atom. The molecule has 0 spiro atoms. The van der Waals surface area contributed by atoms with E-state index in [9.17, 15) is 4.79 Å². The van der Waals surface area contributed by atoms with Crippen LogP contribution in [0.1, 0.15) is 40.7 Å². The summed E-state index contributed by atoms with van der Waals surface area (Å²) in [5.41, 5.74) is 3.23. The Morgan fingerprint density at radius 3 is 2.54 bits per heavy atom. The molecule has 24 heavy (non-hydrogen) atoms. The van der Waals surface area contributed by atoms with Gasteiger partial charge in [-0.3, -0.25) is 9.69 Å². The molecule has 1 saturated heterocycles. The number of hydrogen-bond donors (Lipinski definition) is 1. The van der Waals surface area contributed by atoms with Gasteiger partial charge in [-0.2, -0.15) is 0 Å². The fraction of sp³-hybridized carbons (Fsp3) is 0.350. The summed E-state index contributed by atoms with van der Waals surface area (Å²) in [6.45, 7) is 3.98. The van der Waals surface area contributed by atoms with Gasteiger partial charge in [0.2, 0.25) is 0 Å². The molecule has 0 unspecified atom stereocenters. The molecule has 1 N–H and O–H groups in total. The molecule has 0 bridgehead atoms. The predicted molar refractivity (Wildman–Crippen MR) is 106 cm³/mol. The molecule has 0 atom stereocenters. The normalized spacial score (nSPS) is 15.2. The van der Waals surface area contributed by atoms with Crippen molar-refractivity contribution in [2.45, 2.75) is 32.4 Å². The lowest BCUT2D eigenvalue weighted by atomic mass is 10.1. The van der Waals surface area contributed by atoms with Crippen LogP contribution in [0.2, 0.25) is 0 Å². The molecule has 1 aliphatic rings. The first-order chi connectivity index (χ1) is 11.7. The first kappa shape index (κ1) is 17.4. The molecular weight excluding hydrogens is 411 g/mol. The number of amides is 1. The second-order valence-electron chi connectivity index (χ2n) is 6.32. The highest BCUT2D eigenvalue weighted by molar-refractivity contribution is 14.1. The third-order valence-electron chi connectivity index (χ3n) is 4.42. The van der Waals surface area contributed by atoms with E-state index in [2.05, 4.69) is 57.1 Å². The van der Waals surface area contributed by atoms with E-state index in [-0.39, 0.29) is 5.91 Å². The maximum absolute atomic E-state index is 12.3. The minimum atomic E-state index is -0.0126. The molecule has 2 aromatic rings. The minimum Gasteiger partial charge on any atom is -0.348 e. The van der Waals surface area contributed by atoms with Crippen molar-refractivity contribution in [3.8, 4) is 0 Å². The average Bonchev–Trinajstić information content (AvgIpc) is 2.61. The highest BCUT2D eigenvalue weighted by Crippen LogP contribution is 2.15. The quantitative estimate of drug-likeness (QED) is 0.716. The van der Waals surface area contributed by atoms with E-state index in [4.69, 9.17) is 0 Å². The molecule has 1 heterocycles.